The van der Waals surface area contributed by atoms with Crippen molar-refractivity contribution in [2.24, 2.45) is 5.92 Å². The molecule has 140 valence electrons. The lowest BCUT2D eigenvalue weighted by Crippen LogP contribution is -2.54. The number of hydrogen-bond donors (Lipinski definition) is 4. The van der Waals surface area contributed by atoms with E-state index in [0.717, 1.165) is 38.9 Å². The Kier molecular flexibility index (Phi) is 7.99. The summed E-state index contributed by atoms with van der Waals surface area (Å²) in [7, 11) is 0. The van der Waals surface area contributed by atoms with Crippen LogP contribution in [0.3, 0.4) is 0 Å². The van der Waals surface area contributed by atoms with Crippen molar-refractivity contribution in [3.63, 3.8) is 0 Å². The summed E-state index contributed by atoms with van der Waals surface area (Å²) in [5.41, 5.74) is 0.148. The maximum Gasteiger partial charge on any atom is 0.345 e. The second-order valence-electron chi connectivity index (χ2n) is 6.42. The van der Waals surface area contributed by atoms with Gasteiger partial charge in [0.05, 0.1) is 12.6 Å². The highest BCUT2D eigenvalue weighted by Gasteiger charge is 2.37. The molecule has 0 unspecified atom stereocenters. The number of aliphatic hydroxyl groups excluding tert-OH is 3. The van der Waals surface area contributed by atoms with E-state index < -0.39 is 37.6 Å². The van der Waals surface area contributed by atoms with E-state index in [1.54, 1.807) is 0 Å². The first-order valence-corrected chi connectivity index (χ1v) is 8.44. The van der Waals surface area contributed by atoms with Crippen molar-refractivity contribution in [1.82, 2.24) is 5.32 Å². The molecule has 1 aliphatic heterocycles. The number of alkyl halides is 2. The normalized spacial score (nSPS) is 32.2. The molecule has 0 amide bonds. The van der Waals surface area contributed by atoms with Gasteiger partial charge in [-0.15, -0.1) is 0 Å². The lowest BCUT2D eigenvalue weighted by Gasteiger charge is -2.35. The minimum atomic E-state index is -2.95. The van der Waals surface area contributed by atoms with Crippen LogP contribution < -0.4 is 5.32 Å². The molecule has 1 fully saturated rings. The Hall–Kier alpha value is -0.640. The molecule has 0 bridgehead atoms. The molecule has 0 saturated carbocycles. The summed E-state index contributed by atoms with van der Waals surface area (Å²) >= 11 is 0. The summed E-state index contributed by atoms with van der Waals surface area (Å²) < 4.78 is 33.8. The van der Waals surface area contributed by atoms with E-state index >= 15 is 0 Å². The Bertz CT molecular complexity index is 404. The number of rotatable bonds is 8. The van der Waals surface area contributed by atoms with Crippen molar-refractivity contribution in [2.75, 3.05) is 26.4 Å². The molecule has 1 heterocycles. The third kappa shape index (κ3) is 5.72. The van der Waals surface area contributed by atoms with E-state index in [-0.39, 0.29) is 5.57 Å². The minimum Gasteiger partial charge on any atom is -0.388 e. The number of aliphatic hydroxyl groups is 3. The van der Waals surface area contributed by atoms with E-state index in [0.29, 0.717) is 12.5 Å². The molecule has 0 radical (unpaired) electrons. The highest BCUT2D eigenvalue weighted by molar-refractivity contribution is 5.21. The molecular weight excluding hydrogens is 324 g/mol. The van der Waals surface area contributed by atoms with Crippen molar-refractivity contribution in [2.45, 2.75) is 56.6 Å². The van der Waals surface area contributed by atoms with Gasteiger partial charge in [-0.05, 0) is 43.7 Å². The summed E-state index contributed by atoms with van der Waals surface area (Å²) in [6.07, 6.45) is 1.52. The number of halogens is 2. The summed E-state index contributed by atoms with van der Waals surface area (Å²) in [6, 6.07) is -0.602. The molecule has 24 heavy (non-hydrogen) atoms. The minimum absolute atomic E-state index is 0.148. The fraction of sp³-hybridized carbons (Fsp3) is 0.875. The fourth-order valence-electron chi connectivity index (χ4n) is 3.21. The van der Waals surface area contributed by atoms with Crippen LogP contribution in [0.15, 0.2) is 11.6 Å². The summed E-state index contributed by atoms with van der Waals surface area (Å²) in [5, 5.41) is 32.8. The lowest BCUT2D eigenvalue weighted by molar-refractivity contribution is -0.129. The van der Waals surface area contributed by atoms with Crippen molar-refractivity contribution in [3.05, 3.63) is 11.6 Å². The van der Waals surface area contributed by atoms with Gasteiger partial charge in [-0.1, -0.05) is 6.08 Å². The van der Waals surface area contributed by atoms with E-state index in [4.69, 9.17) is 4.74 Å². The Balaban J connectivity index is 1.80. The van der Waals surface area contributed by atoms with Crippen LogP contribution in [-0.2, 0) is 9.47 Å². The first-order chi connectivity index (χ1) is 11.5. The zero-order valence-electron chi connectivity index (χ0n) is 13.6. The molecule has 0 aromatic rings. The first kappa shape index (κ1) is 19.7. The van der Waals surface area contributed by atoms with Gasteiger partial charge in [0, 0.05) is 13.2 Å². The molecule has 8 heteroatoms. The van der Waals surface area contributed by atoms with Crippen molar-refractivity contribution in [1.29, 1.82) is 0 Å². The Morgan fingerprint density at radius 2 is 1.92 bits per heavy atom. The summed E-state index contributed by atoms with van der Waals surface area (Å²) in [6.45, 7) is -1.20. The Morgan fingerprint density at radius 1 is 1.21 bits per heavy atom. The summed E-state index contributed by atoms with van der Waals surface area (Å²) in [5.74, 6) is 0.648. The predicted octanol–water partition coefficient (Wildman–Crippen LogP) is 0.413. The SMILES string of the molecule is O[C@@H]1[C@@H](O)[C@@H](O)C(COC(F)F)=C[C@H]1NCCCC1CCOCC1. The van der Waals surface area contributed by atoms with Crippen molar-refractivity contribution >= 4 is 0 Å². The summed E-state index contributed by atoms with van der Waals surface area (Å²) in [4.78, 5) is 0. The van der Waals surface area contributed by atoms with Gasteiger partial charge in [-0.25, -0.2) is 0 Å². The molecule has 6 nitrogen and oxygen atoms in total. The van der Waals surface area contributed by atoms with Gasteiger partial charge in [0.25, 0.3) is 0 Å². The van der Waals surface area contributed by atoms with Crippen LogP contribution in [0.25, 0.3) is 0 Å². The van der Waals surface area contributed by atoms with Crippen molar-refractivity contribution in [3.8, 4) is 0 Å². The monoisotopic (exact) mass is 351 g/mol. The highest BCUT2D eigenvalue weighted by Crippen LogP contribution is 2.22. The third-order valence-electron chi connectivity index (χ3n) is 4.70. The topological polar surface area (TPSA) is 91.2 Å². The largest absolute Gasteiger partial charge is 0.388 e. The first-order valence-electron chi connectivity index (χ1n) is 8.44. The molecule has 0 spiro atoms. The zero-order chi connectivity index (χ0) is 17.5. The number of hydrogen-bond acceptors (Lipinski definition) is 6. The maximum absolute atomic E-state index is 12.1. The van der Waals surface area contributed by atoms with Gasteiger partial charge in [0.15, 0.2) is 0 Å². The standard InChI is InChI=1S/C16H27F2NO5/c17-16(18)24-9-11-8-12(14(21)15(22)13(11)20)19-5-1-2-10-3-6-23-7-4-10/h8,10,12-16,19-22H,1-7,9H2/t12-,13+,14+,15+/m1/s1. The van der Waals surface area contributed by atoms with Crippen LogP contribution in [0.1, 0.15) is 25.7 Å². The van der Waals surface area contributed by atoms with Gasteiger partial charge in [0.2, 0.25) is 0 Å². The number of nitrogens with one attached hydrogen (secondary N) is 1. The average molecular weight is 351 g/mol. The maximum atomic E-state index is 12.1. The second-order valence-corrected chi connectivity index (χ2v) is 6.42. The average Bonchev–Trinajstić information content (AvgIpc) is 2.58. The van der Waals surface area contributed by atoms with Crippen LogP contribution in [0.5, 0.6) is 0 Å². The highest BCUT2D eigenvalue weighted by atomic mass is 19.3. The van der Waals surface area contributed by atoms with Crippen LogP contribution in [0.4, 0.5) is 8.78 Å². The molecule has 4 N–H and O–H groups in total. The Morgan fingerprint density at radius 3 is 2.58 bits per heavy atom. The van der Waals surface area contributed by atoms with Crippen LogP contribution in [0, 0.1) is 5.92 Å². The van der Waals surface area contributed by atoms with Gasteiger partial charge < -0.3 is 30.1 Å². The molecule has 0 aromatic carbocycles. The third-order valence-corrected chi connectivity index (χ3v) is 4.70. The van der Waals surface area contributed by atoms with Gasteiger partial charge in [-0.3, -0.25) is 0 Å². The molecule has 0 aromatic heterocycles. The van der Waals surface area contributed by atoms with Gasteiger partial charge >= 0.3 is 6.61 Å². The number of ether oxygens (including phenoxy) is 2. The van der Waals surface area contributed by atoms with E-state index in [1.165, 1.54) is 6.08 Å². The van der Waals surface area contributed by atoms with Crippen LogP contribution in [0.2, 0.25) is 0 Å². The second kappa shape index (κ2) is 9.74. The molecular formula is C16H27F2NO5. The molecule has 2 rings (SSSR count). The molecule has 4 atom stereocenters. The molecule has 1 saturated heterocycles. The van der Waals surface area contributed by atoms with Gasteiger partial charge in [-0.2, -0.15) is 8.78 Å². The lowest BCUT2D eigenvalue weighted by atomic mass is 9.88. The van der Waals surface area contributed by atoms with E-state index in [9.17, 15) is 24.1 Å². The zero-order valence-corrected chi connectivity index (χ0v) is 13.6. The van der Waals surface area contributed by atoms with Crippen LogP contribution >= 0.6 is 0 Å². The predicted molar refractivity (Wildman–Crippen MR) is 82.6 cm³/mol. The molecule has 2 aliphatic rings. The van der Waals surface area contributed by atoms with E-state index in [1.807, 2.05) is 0 Å². The Labute approximate surface area is 140 Å². The van der Waals surface area contributed by atoms with E-state index in [2.05, 4.69) is 10.1 Å². The fourth-order valence-corrected chi connectivity index (χ4v) is 3.21. The van der Waals surface area contributed by atoms with Crippen LogP contribution in [-0.4, -0.2) is 72.7 Å². The van der Waals surface area contributed by atoms with Crippen molar-refractivity contribution < 1.29 is 33.6 Å². The quantitative estimate of drug-likeness (QED) is 0.374. The molecule has 1 aliphatic carbocycles. The smallest absolute Gasteiger partial charge is 0.345 e. The van der Waals surface area contributed by atoms with Gasteiger partial charge in [0.1, 0.15) is 18.3 Å².